The van der Waals surface area contributed by atoms with Crippen LogP contribution in [0.4, 0.5) is 15.8 Å². The first-order chi connectivity index (χ1) is 16.4. The number of amides is 1. The lowest BCUT2D eigenvalue weighted by atomic mass is 9.76. The number of rotatable bonds is 4. The van der Waals surface area contributed by atoms with Crippen molar-refractivity contribution >= 4 is 28.2 Å². The van der Waals surface area contributed by atoms with Crippen LogP contribution in [0.25, 0.3) is 10.9 Å². The van der Waals surface area contributed by atoms with E-state index in [0.717, 1.165) is 49.9 Å². The highest BCUT2D eigenvalue weighted by Gasteiger charge is 2.28. The zero-order chi connectivity index (χ0) is 23.8. The third-order valence-corrected chi connectivity index (χ3v) is 7.43. The molecule has 0 bridgehead atoms. The quantitative estimate of drug-likeness (QED) is 0.555. The van der Waals surface area contributed by atoms with Gasteiger partial charge in [0.1, 0.15) is 5.82 Å². The Morgan fingerprint density at radius 2 is 2.03 bits per heavy atom. The van der Waals surface area contributed by atoms with Crippen LogP contribution >= 0.6 is 0 Å². The number of hydrogen-bond acceptors (Lipinski definition) is 5. The fourth-order valence-corrected chi connectivity index (χ4v) is 5.80. The number of carbonyl (C=O) groups is 1. The van der Waals surface area contributed by atoms with Gasteiger partial charge in [-0.2, -0.15) is 0 Å². The van der Waals surface area contributed by atoms with Gasteiger partial charge >= 0.3 is 0 Å². The summed E-state index contributed by atoms with van der Waals surface area (Å²) in [5.41, 5.74) is 9.63. The molecule has 4 atom stereocenters. The van der Waals surface area contributed by atoms with Gasteiger partial charge in [0.05, 0.1) is 34.8 Å². The lowest BCUT2D eigenvalue weighted by Gasteiger charge is -2.32. The highest BCUT2D eigenvalue weighted by Crippen LogP contribution is 2.38. The van der Waals surface area contributed by atoms with Crippen molar-refractivity contribution in [2.24, 2.45) is 11.7 Å². The number of aromatic nitrogens is 2. The third-order valence-electron chi connectivity index (χ3n) is 7.43. The Labute approximate surface area is 199 Å². The average molecular weight is 462 g/mol. The molecule has 2 aliphatic rings. The third kappa shape index (κ3) is 4.37. The topological polar surface area (TPSA) is 84.1 Å². The molecule has 5 rings (SSSR count). The molecule has 1 unspecified atom stereocenters. The molecule has 34 heavy (non-hydrogen) atoms. The SMILES string of the molecule is CC1CCCN1c1cnc2c(C(=O)Nc3cnccc3[C@@H]3C[C@H](C)C[C@H](N)C3)ccc(F)c2c1. The number of benzene rings is 1. The molecule has 1 amide bonds. The maximum absolute atomic E-state index is 14.8. The average Bonchev–Trinajstić information content (AvgIpc) is 3.24. The van der Waals surface area contributed by atoms with Gasteiger partial charge in [-0.25, -0.2) is 4.39 Å². The molecule has 3 aromatic rings. The summed E-state index contributed by atoms with van der Waals surface area (Å²) in [6, 6.07) is 7.19. The predicted molar refractivity (Wildman–Crippen MR) is 134 cm³/mol. The van der Waals surface area contributed by atoms with Crippen molar-refractivity contribution in [1.82, 2.24) is 9.97 Å². The Hall–Kier alpha value is -3.06. The van der Waals surface area contributed by atoms with Crippen molar-refractivity contribution in [3.63, 3.8) is 0 Å². The first kappa shape index (κ1) is 22.7. The Balaban J connectivity index is 1.45. The second-order valence-electron chi connectivity index (χ2n) is 10.1. The highest BCUT2D eigenvalue weighted by molar-refractivity contribution is 6.12. The minimum atomic E-state index is -0.375. The summed E-state index contributed by atoms with van der Waals surface area (Å²) in [6.45, 7) is 5.32. The fourth-order valence-electron chi connectivity index (χ4n) is 5.80. The van der Waals surface area contributed by atoms with Gasteiger partial charge in [0.2, 0.25) is 0 Å². The normalized spacial score (nSPS) is 25.0. The first-order valence-corrected chi connectivity index (χ1v) is 12.3. The molecular formula is C27H32FN5O. The largest absolute Gasteiger partial charge is 0.368 e. The van der Waals surface area contributed by atoms with Crippen molar-refractivity contribution in [3.8, 4) is 0 Å². The molecule has 7 heteroatoms. The number of nitrogens with one attached hydrogen (secondary N) is 1. The molecule has 6 nitrogen and oxygen atoms in total. The maximum Gasteiger partial charge on any atom is 0.257 e. The molecule has 1 aliphatic carbocycles. The predicted octanol–water partition coefficient (Wildman–Crippen LogP) is 5.24. The smallest absolute Gasteiger partial charge is 0.257 e. The van der Waals surface area contributed by atoms with Crippen molar-refractivity contribution in [2.45, 2.75) is 64.0 Å². The number of anilines is 2. The molecule has 1 aromatic carbocycles. The Kier molecular flexibility index (Phi) is 6.21. The lowest BCUT2D eigenvalue weighted by Crippen LogP contribution is -2.31. The van der Waals surface area contributed by atoms with Crippen LogP contribution in [0.15, 0.2) is 42.9 Å². The first-order valence-electron chi connectivity index (χ1n) is 12.3. The Bertz CT molecular complexity index is 1200. The van der Waals surface area contributed by atoms with Gasteiger partial charge in [-0.1, -0.05) is 6.92 Å². The molecule has 0 radical (unpaired) electrons. The van der Waals surface area contributed by atoms with E-state index in [-0.39, 0.29) is 23.7 Å². The molecule has 2 fully saturated rings. The van der Waals surface area contributed by atoms with E-state index in [1.54, 1.807) is 18.6 Å². The van der Waals surface area contributed by atoms with Crippen LogP contribution in [0.2, 0.25) is 0 Å². The van der Waals surface area contributed by atoms with Crippen molar-refractivity contribution in [1.29, 1.82) is 0 Å². The van der Waals surface area contributed by atoms with Gasteiger partial charge in [0.25, 0.3) is 5.91 Å². The molecular weight excluding hydrogens is 429 g/mol. The Morgan fingerprint density at radius 3 is 2.79 bits per heavy atom. The molecule has 178 valence electrons. The zero-order valence-electron chi connectivity index (χ0n) is 19.8. The molecule has 3 heterocycles. The molecule has 2 aromatic heterocycles. The van der Waals surface area contributed by atoms with Gasteiger partial charge in [-0.05, 0) is 80.7 Å². The summed E-state index contributed by atoms with van der Waals surface area (Å²) in [4.78, 5) is 24.4. The van der Waals surface area contributed by atoms with Crippen LogP contribution in [0.5, 0.6) is 0 Å². The van der Waals surface area contributed by atoms with Crippen molar-refractivity contribution < 1.29 is 9.18 Å². The molecule has 1 saturated heterocycles. The minimum Gasteiger partial charge on any atom is -0.368 e. The Morgan fingerprint density at radius 1 is 1.18 bits per heavy atom. The fraction of sp³-hybridized carbons (Fsp3) is 0.444. The van der Waals surface area contributed by atoms with E-state index >= 15 is 0 Å². The van der Waals surface area contributed by atoms with E-state index in [2.05, 4.69) is 34.0 Å². The van der Waals surface area contributed by atoms with E-state index in [1.807, 2.05) is 12.1 Å². The van der Waals surface area contributed by atoms with Crippen LogP contribution < -0.4 is 16.0 Å². The molecule has 1 aliphatic heterocycles. The lowest BCUT2D eigenvalue weighted by molar-refractivity contribution is 0.102. The van der Waals surface area contributed by atoms with E-state index in [9.17, 15) is 9.18 Å². The maximum atomic E-state index is 14.8. The summed E-state index contributed by atoms with van der Waals surface area (Å²) < 4.78 is 14.8. The summed E-state index contributed by atoms with van der Waals surface area (Å²) in [6.07, 6.45) is 10.4. The van der Waals surface area contributed by atoms with E-state index in [1.165, 1.54) is 12.1 Å². The van der Waals surface area contributed by atoms with E-state index in [4.69, 9.17) is 5.73 Å². The minimum absolute atomic E-state index is 0.156. The number of halogens is 1. The number of carbonyl (C=O) groups excluding carboxylic acids is 1. The standard InChI is InChI=1S/C27H32FN5O/c1-16-10-18(12-19(29)11-16)21-7-8-30-15-25(21)32-27(34)22-5-6-24(28)23-13-20(14-31-26(22)23)33-9-3-4-17(33)2/h5-8,13-19H,3-4,9-12,29H2,1-2H3,(H,32,34)/t16-,17?,18+,19-/m0/s1. The van der Waals surface area contributed by atoms with Crippen LogP contribution in [0.1, 0.15) is 67.8 Å². The number of fused-ring (bicyclic) bond motifs is 1. The van der Waals surface area contributed by atoms with Gasteiger partial charge in [-0.3, -0.25) is 14.8 Å². The second kappa shape index (κ2) is 9.29. The highest BCUT2D eigenvalue weighted by atomic mass is 19.1. The van der Waals surface area contributed by atoms with Gasteiger partial charge in [0.15, 0.2) is 0 Å². The van der Waals surface area contributed by atoms with E-state index < -0.39 is 0 Å². The second-order valence-corrected chi connectivity index (χ2v) is 10.1. The molecule has 1 saturated carbocycles. The summed E-state index contributed by atoms with van der Waals surface area (Å²) in [5.74, 6) is 0.107. The van der Waals surface area contributed by atoms with Crippen molar-refractivity contribution in [2.75, 3.05) is 16.8 Å². The number of nitrogens with two attached hydrogens (primary N) is 1. The number of hydrogen-bond donors (Lipinski definition) is 2. The van der Waals surface area contributed by atoms with Crippen LogP contribution in [-0.4, -0.2) is 34.5 Å². The van der Waals surface area contributed by atoms with Crippen LogP contribution in [-0.2, 0) is 0 Å². The summed E-state index contributed by atoms with van der Waals surface area (Å²) in [7, 11) is 0. The van der Waals surface area contributed by atoms with Gasteiger partial charge in [0, 0.05) is 30.2 Å². The molecule has 0 spiro atoms. The molecule has 3 N–H and O–H groups in total. The van der Waals surface area contributed by atoms with E-state index in [0.29, 0.717) is 34.1 Å². The zero-order valence-corrected chi connectivity index (χ0v) is 19.8. The van der Waals surface area contributed by atoms with Gasteiger partial charge < -0.3 is 16.0 Å². The van der Waals surface area contributed by atoms with Crippen molar-refractivity contribution in [3.05, 3.63) is 59.8 Å². The summed E-state index contributed by atoms with van der Waals surface area (Å²) >= 11 is 0. The number of pyridine rings is 2. The summed E-state index contributed by atoms with van der Waals surface area (Å²) in [5, 5.41) is 3.39. The van der Waals surface area contributed by atoms with Crippen LogP contribution in [0, 0.1) is 11.7 Å². The number of nitrogens with zero attached hydrogens (tertiary/aromatic N) is 3. The van der Waals surface area contributed by atoms with Crippen LogP contribution in [0.3, 0.4) is 0 Å². The monoisotopic (exact) mass is 461 g/mol. The van der Waals surface area contributed by atoms with Gasteiger partial charge in [-0.15, -0.1) is 0 Å².